The Hall–Kier alpha value is -1.59. The van der Waals surface area contributed by atoms with Crippen LogP contribution in [0.1, 0.15) is 5.56 Å². The standard InChI is InChI=1S/C14H14BrN3S/c15-11-6-7-12(13(8-11)18-14(16)19)17-9-10-4-2-1-3-5-10/h1-8,17H,9H2,(H3,16,18,19). The van der Waals surface area contributed by atoms with E-state index in [0.29, 0.717) is 0 Å². The van der Waals surface area contributed by atoms with Gasteiger partial charge in [0.1, 0.15) is 0 Å². The van der Waals surface area contributed by atoms with Crippen LogP contribution in [0.25, 0.3) is 0 Å². The summed E-state index contributed by atoms with van der Waals surface area (Å²) >= 11 is 8.31. The highest BCUT2D eigenvalue weighted by molar-refractivity contribution is 9.10. The summed E-state index contributed by atoms with van der Waals surface area (Å²) in [4.78, 5) is 0. The molecule has 0 spiro atoms. The van der Waals surface area contributed by atoms with Gasteiger partial charge in [0.15, 0.2) is 5.11 Å². The molecule has 98 valence electrons. The summed E-state index contributed by atoms with van der Waals surface area (Å²) < 4.78 is 0.969. The molecular weight excluding hydrogens is 322 g/mol. The zero-order chi connectivity index (χ0) is 13.7. The van der Waals surface area contributed by atoms with Crippen LogP contribution in [-0.2, 0) is 6.54 Å². The van der Waals surface area contributed by atoms with E-state index in [0.717, 1.165) is 22.4 Å². The molecule has 5 heteroatoms. The van der Waals surface area contributed by atoms with Crippen molar-refractivity contribution in [3.05, 3.63) is 58.6 Å². The SMILES string of the molecule is NC(=S)Nc1cc(Br)ccc1NCc1ccccc1. The molecule has 0 aliphatic carbocycles. The first-order valence-corrected chi connectivity index (χ1v) is 6.99. The van der Waals surface area contributed by atoms with E-state index in [1.807, 2.05) is 36.4 Å². The van der Waals surface area contributed by atoms with Gasteiger partial charge in [0.05, 0.1) is 11.4 Å². The average molecular weight is 336 g/mol. The second-order valence-electron chi connectivity index (χ2n) is 4.02. The van der Waals surface area contributed by atoms with Gasteiger partial charge in [-0.1, -0.05) is 46.3 Å². The lowest BCUT2D eigenvalue weighted by molar-refractivity contribution is 1.15. The molecule has 0 aliphatic heterocycles. The molecule has 2 aromatic rings. The smallest absolute Gasteiger partial charge is 0.168 e. The van der Waals surface area contributed by atoms with E-state index in [9.17, 15) is 0 Å². The van der Waals surface area contributed by atoms with E-state index < -0.39 is 0 Å². The highest BCUT2D eigenvalue weighted by atomic mass is 79.9. The topological polar surface area (TPSA) is 50.1 Å². The fourth-order valence-corrected chi connectivity index (χ4v) is 2.17. The molecule has 0 heterocycles. The van der Waals surface area contributed by atoms with E-state index in [1.165, 1.54) is 5.56 Å². The van der Waals surface area contributed by atoms with Crippen LogP contribution in [0.5, 0.6) is 0 Å². The molecule has 0 aromatic heterocycles. The molecule has 0 saturated carbocycles. The van der Waals surface area contributed by atoms with E-state index in [4.69, 9.17) is 18.0 Å². The summed E-state index contributed by atoms with van der Waals surface area (Å²) in [5.41, 5.74) is 8.56. The molecule has 0 amide bonds. The van der Waals surface area contributed by atoms with Crippen LogP contribution < -0.4 is 16.4 Å². The number of nitrogens with one attached hydrogen (secondary N) is 2. The van der Waals surface area contributed by atoms with Crippen LogP contribution in [0.4, 0.5) is 11.4 Å². The van der Waals surface area contributed by atoms with Crippen molar-refractivity contribution < 1.29 is 0 Å². The van der Waals surface area contributed by atoms with Gasteiger partial charge in [-0.25, -0.2) is 0 Å². The molecule has 0 saturated heterocycles. The zero-order valence-electron chi connectivity index (χ0n) is 10.2. The second kappa shape index (κ2) is 6.54. The van der Waals surface area contributed by atoms with Crippen molar-refractivity contribution in [1.82, 2.24) is 0 Å². The van der Waals surface area contributed by atoms with Crippen molar-refractivity contribution in [3.63, 3.8) is 0 Å². The number of hydrogen-bond acceptors (Lipinski definition) is 2. The molecule has 0 radical (unpaired) electrons. The molecular formula is C14H14BrN3S. The van der Waals surface area contributed by atoms with Crippen molar-refractivity contribution >= 4 is 44.6 Å². The Bertz CT molecular complexity index is 572. The molecule has 0 fully saturated rings. The predicted octanol–water partition coefficient (Wildman–Crippen LogP) is 3.72. The number of benzene rings is 2. The largest absolute Gasteiger partial charge is 0.379 e. The van der Waals surface area contributed by atoms with Gasteiger partial charge >= 0.3 is 0 Å². The number of rotatable bonds is 4. The minimum atomic E-state index is 0.251. The van der Waals surface area contributed by atoms with Gasteiger partial charge < -0.3 is 16.4 Å². The van der Waals surface area contributed by atoms with Crippen molar-refractivity contribution in [2.45, 2.75) is 6.54 Å². The van der Waals surface area contributed by atoms with E-state index in [-0.39, 0.29) is 5.11 Å². The Labute approximate surface area is 126 Å². The molecule has 2 rings (SSSR count). The second-order valence-corrected chi connectivity index (χ2v) is 5.37. The minimum Gasteiger partial charge on any atom is -0.379 e. The number of hydrogen-bond donors (Lipinski definition) is 3. The summed E-state index contributed by atoms with van der Waals surface area (Å²) in [6.07, 6.45) is 0. The van der Waals surface area contributed by atoms with Crippen LogP contribution in [0, 0.1) is 0 Å². The maximum absolute atomic E-state index is 5.53. The molecule has 0 unspecified atom stereocenters. The minimum absolute atomic E-state index is 0.251. The Kier molecular flexibility index (Phi) is 4.76. The summed E-state index contributed by atoms with van der Waals surface area (Å²) in [6.45, 7) is 0.745. The third-order valence-corrected chi connectivity index (χ3v) is 3.16. The summed E-state index contributed by atoms with van der Waals surface area (Å²) in [5, 5.41) is 6.58. The van der Waals surface area contributed by atoms with Crippen molar-refractivity contribution in [2.75, 3.05) is 10.6 Å². The molecule has 3 nitrogen and oxygen atoms in total. The van der Waals surface area contributed by atoms with Crippen molar-refractivity contribution in [1.29, 1.82) is 0 Å². The summed E-state index contributed by atoms with van der Waals surface area (Å²) in [7, 11) is 0. The van der Waals surface area contributed by atoms with Crippen LogP contribution in [0.2, 0.25) is 0 Å². The number of halogens is 1. The van der Waals surface area contributed by atoms with Gasteiger partial charge in [-0.15, -0.1) is 0 Å². The monoisotopic (exact) mass is 335 g/mol. The Balaban J connectivity index is 2.13. The van der Waals surface area contributed by atoms with Gasteiger partial charge in [0, 0.05) is 11.0 Å². The van der Waals surface area contributed by atoms with Crippen molar-refractivity contribution in [2.24, 2.45) is 5.73 Å². The molecule has 19 heavy (non-hydrogen) atoms. The first-order chi connectivity index (χ1) is 9.15. The van der Waals surface area contributed by atoms with Crippen LogP contribution >= 0.6 is 28.1 Å². The Morgan fingerprint density at radius 3 is 2.53 bits per heavy atom. The third kappa shape index (κ3) is 4.22. The average Bonchev–Trinajstić information content (AvgIpc) is 2.38. The Morgan fingerprint density at radius 1 is 1.11 bits per heavy atom. The van der Waals surface area contributed by atoms with Gasteiger partial charge in [-0.2, -0.15) is 0 Å². The number of anilines is 2. The highest BCUT2D eigenvalue weighted by Gasteiger charge is 2.04. The van der Waals surface area contributed by atoms with E-state index in [2.05, 4.69) is 38.7 Å². The maximum Gasteiger partial charge on any atom is 0.168 e. The first kappa shape index (κ1) is 13.8. The lowest BCUT2D eigenvalue weighted by Gasteiger charge is -2.13. The number of thiocarbonyl (C=S) groups is 1. The Morgan fingerprint density at radius 2 is 1.84 bits per heavy atom. The van der Waals surface area contributed by atoms with E-state index in [1.54, 1.807) is 0 Å². The fourth-order valence-electron chi connectivity index (χ4n) is 1.70. The molecule has 2 aromatic carbocycles. The van der Waals surface area contributed by atoms with Crippen molar-refractivity contribution in [3.8, 4) is 0 Å². The van der Waals surface area contributed by atoms with Crippen LogP contribution in [0.3, 0.4) is 0 Å². The third-order valence-electron chi connectivity index (χ3n) is 2.57. The first-order valence-electron chi connectivity index (χ1n) is 5.79. The van der Waals surface area contributed by atoms with Gasteiger partial charge in [-0.05, 0) is 36.0 Å². The van der Waals surface area contributed by atoms with E-state index >= 15 is 0 Å². The summed E-state index contributed by atoms with van der Waals surface area (Å²) in [5.74, 6) is 0. The molecule has 0 aliphatic rings. The normalized spacial score (nSPS) is 9.95. The van der Waals surface area contributed by atoms with Gasteiger partial charge in [-0.3, -0.25) is 0 Å². The highest BCUT2D eigenvalue weighted by Crippen LogP contribution is 2.26. The lowest BCUT2D eigenvalue weighted by Crippen LogP contribution is -2.19. The van der Waals surface area contributed by atoms with Gasteiger partial charge in [0.2, 0.25) is 0 Å². The van der Waals surface area contributed by atoms with Crippen LogP contribution in [0.15, 0.2) is 53.0 Å². The lowest BCUT2D eigenvalue weighted by atomic mass is 10.2. The molecule has 4 N–H and O–H groups in total. The maximum atomic E-state index is 5.53. The fraction of sp³-hybridized carbons (Fsp3) is 0.0714. The zero-order valence-corrected chi connectivity index (χ0v) is 12.6. The summed E-state index contributed by atoms with van der Waals surface area (Å²) in [6, 6.07) is 16.1. The molecule has 0 bridgehead atoms. The van der Waals surface area contributed by atoms with Crippen LogP contribution in [-0.4, -0.2) is 5.11 Å². The van der Waals surface area contributed by atoms with Gasteiger partial charge in [0.25, 0.3) is 0 Å². The number of nitrogens with two attached hydrogens (primary N) is 1. The predicted molar refractivity (Wildman–Crippen MR) is 88.3 cm³/mol. The quantitative estimate of drug-likeness (QED) is 0.745. The molecule has 0 atom stereocenters.